The van der Waals surface area contributed by atoms with Crippen LogP contribution in [-0.4, -0.2) is 35.0 Å². The van der Waals surface area contributed by atoms with Gasteiger partial charge in [-0.1, -0.05) is 35.9 Å². The monoisotopic (exact) mass is 291 g/mol. The fraction of sp³-hybridized carbons (Fsp3) is 0.467. The Balaban J connectivity index is 2.08. The molecule has 1 atom stereocenters. The first-order valence-corrected chi connectivity index (χ1v) is 7.18. The van der Waals surface area contributed by atoms with Gasteiger partial charge in [-0.25, -0.2) is 0 Å². The van der Waals surface area contributed by atoms with Crippen molar-refractivity contribution in [3.8, 4) is 0 Å². The highest BCUT2D eigenvalue weighted by molar-refractivity contribution is 6.34. The number of fused-ring (bicyclic) bond motifs is 1. The first-order chi connectivity index (χ1) is 9.46. The van der Waals surface area contributed by atoms with Gasteiger partial charge in [0.15, 0.2) is 11.0 Å². The van der Waals surface area contributed by atoms with Crippen LogP contribution >= 0.6 is 11.6 Å². The van der Waals surface area contributed by atoms with Gasteiger partial charge in [-0.05, 0) is 20.8 Å². The van der Waals surface area contributed by atoms with Crippen molar-refractivity contribution in [1.29, 1.82) is 0 Å². The van der Waals surface area contributed by atoms with Crippen LogP contribution in [0.2, 0.25) is 5.15 Å². The summed E-state index contributed by atoms with van der Waals surface area (Å²) in [5.41, 5.74) is -0.194. The van der Waals surface area contributed by atoms with Crippen LogP contribution in [0.1, 0.15) is 20.8 Å². The molecule has 5 heteroatoms. The molecule has 0 radical (unpaired) electrons. The standard InChI is InChI=1S/C15H18ClN3O/c1-10-8-19(9-15(2,3)20-10)14-12-7-5-4-6-11(12)13(16)17-18-14/h4-7,10H,8-9H2,1-3H3. The van der Waals surface area contributed by atoms with Gasteiger partial charge in [0.25, 0.3) is 0 Å². The lowest BCUT2D eigenvalue weighted by Gasteiger charge is -2.42. The summed E-state index contributed by atoms with van der Waals surface area (Å²) in [7, 11) is 0. The van der Waals surface area contributed by atoms with E-state index in [4.69, 9.17) is 16.3 Å². The highest BCUT2D eigenvalue weighted by Gasteiger charge is 2.32. The summed E-state index contributed by atoms with van der Waals surface area (Å²) < 4.78 is 5.95. The highest BCUT2D eigenvalue weighted by Crippen LogP contribution is 2.31. The van der Waals surface area contributed by atoms with Crippen molar-refractivity contribution in [2.45, 2.75) is 32.5 Å². The lowest BCUT2D eigenvalue weighted by Crippen LogP contribution is -2.52. The zero-order valence-electron chi connectivity index (χ0n) is 11.9. The van der Waals surface area contributed by atoms with Crippen LogP contribution < -0.4 is 4.90 Å². The third-order valence-electron chi connectivity index (χ3n) is 3.49. The third kappa shape index (κ3) is 2.45. The van der Waals surface area contributed by atoms with Crippen LogP contribution in [0, 0.1) is 0 Å². The van der Waals surface area contributed by atoms with Crippen molar-refractivity contribution in [2.24, 2.45) is 0 Å². The Labute approximate surface area is 123 Å². The second kappa shape index (κ2) is 4.86. The van der Waals surface area contributed by atoms with Crippen LogP contribution in [0.25, 0.3) is 10.8 Å². The molecule has 0 amide bonds. The lowest BCUT2D eigenvalue weighted by molar-refractivity contribution is -0.0751. The third-order valence-corrected chi connectivity index (χ3v) is 3.77. The second-order valence-electron chi connectivity index (χ2n) is 5.93. The van der Waals surface area contributed by atoms with Gasteiger partial charge in [-0.15, -0.1) is 10.2 Å². The van der Waals surface area contributed by atoms with Crippen molar-refractivity contribution in [3.05, 3.63) is 29.4 Å². The molecule has 0 N–H and O–H groups in total. The normalized spacial score (nSPS) is 22.2. The fourth-order valence-electron chi connectivity index (χ4n) is 2.91. The van der Waals surface area contributed by atoms with E-state index in [9.17, 15) is 0 Å². The average molecular weight is 292 g/mol. The van der Waals surface area contributed by atoms with Crippen LogP contribution in [0.3, 0.4) is 0 Å². The fourth-order valence-corrected chi connectivity index (χ4v) is 3.11. The minimum absolute atomic E-state index is 0.162. The molecule has 1 aromatic carbocycles. The molecule has 4 nitrogen and oxygen atoms in total. The van der Waals surface area contributed by atoms with Crippen molar-refractivity contribution in [2.75, 3.05) is 18.0 Å². The van der Waals surface area contributed by atoms with Gasteiger partial charge in [0.2, 0.25) is 0 Å². The summed E-state index contributed by atoms with van der Waals surface area (Å²) in [4.78, 5) is 2.24. The maximum Gasteiger partial charge on any atom is 0.159 e. The van der Waals surface area contributed by atoms with Crippen LogP contribution in [0.15, 0.2) is 24.3 Å². The van der Waals surface area contributed by atoms with E-state index in [0.717, 1.165) is 29.7 Å². The maximum absolute atomic E-state index is 6.14. The van der Waals surface area contributed by atoms with E-state index in [1.165, 1.54) is 0 Å². The zero-order chi connectivity index (χ0) is 14.3. The smallest absolute Gasteiger partial charge is 0.159 e. The molecule has 0 aliphatic carbocycles. The number of benzene rings is 1. The van der Waals surface area contributed by atoms with Crippen molar-refractivity contribution in [3.63, 3.8) is 0 Å². The lowest BCUT2D eigenvalue weighted by atomic mass is 10.0. The number of hydrogen-bond donors (Lipinski definition) is 0. The van der Waals surface area contributed by atoms with E-state index in [1.54, 1.807) is 0 Å². The van der Waals surface area contributed by atoms with Gasteiger partial charge in [0.05, 0.1) is 11.7 Å². The molecule has 1 saturated heterocycles. The number of nitrogens with zero attached hydrogens (tertiary/aromatic N) is 3. The molecule has 0 saturated carbocycles. The Morgan fingerprint density at radius 3 is 2.65 bits per heavy atom. The Kier molecular flexibility index (Phi) is 3.30. The first-order valence-electron chi connectivity index (χ1n) is 6.80. The molecular weight excluding hydrogens is 274 g/mol. The maximum atomic E-state index is 6.14. The highest BCUT2D eigenvalue weighted by atomic mass is 35.5. The summed E-state index contributed by atoms with van der Waals surface area (Å²) in [6.45, 7) is 7.88. The molecular formula is C15H18ClN3O. The van der Waals surface area contributed by atoms with Gasteiger partial charge < -0.3 is 9.64 Å². The van der Waals surface area contributed by atoms with E-state index in [-0.39, 0.29) is 11.7 Å². The Hall–Kier alpha value is -1.39. The molecule has 20 heavy (non-hydrogen) atoms. The Morgan fingerprint density at radius 2 is 1.95 bits per heavy atom. The topological polar surface area (TPSA) is 38.2 Å². The predicted molar refractivity (Wildman–Crippen MR) is 81.4 cm³/mol. The number of aromatic nitrogens is 2. The quantitative estimate of drug-likeness (QED) is 0.808. The molecule has 1 unspecified atom stereocenters. The first kappa shape index (κ1) is 13.6. The molecule has 2 heterocycles. The summed E-state index contributed by atoms with van der Waals surface area (Å²) in [6, 6.07) is 7.98. The van der Waals surface area contributed by atoms with Gasteiger partial charge >= 0.3 is 0 Å². The van der Waals surface area contributed by atoms with Crippen LogP contribution in [0.4, 0.5) is 5.82 Å². The van der Waals surface area contributed by atoms with Crippen LogP contribution in [-0.2, 0) is 4.74 Å². The van der Waals surface area contributed by atoms with Crippen molar-refractivity contribution >= 4 is 28.2 Å². The number of anilines is 1. The molecule has 1 aliphatic heterocycles. The Bertz CT molecular complexity index is 644. The SMILES string of the molecule is CC1CN(c2nnc(Cl)c3ccccc23)CC(C)(C)O1. The molecule has 1 fully saturated rings. The summed E-state index contributed by atoms with van der Waals surface area (Å²) >= 11 is 6.14. The molecule has 106 valence electrons. The van der Waals surface area contributed by atoms with Crippen molar-refractivity contribution in [1.82, 2.24) is 10.2 Å². The Morgan fingerprint density at radius 1 is 1.25 bits per heavy atom. The summed E-state index contributed by atoms with van der Waals surface area (Å²) in [6.07, 6.45) is 0.162. The van der Waals surface area contributed by atoms with E-state index in [0.29, 0.717) is 5.15 Å². The van der Waals surface area contributed by atoms with E-state index >= 15 is 0 Å². The molecule has 3 rings (SSSR count). The number of rotatable bonds is 1. The number of morpholine rings is 1. The average Bonchev–Trinajstić information content (AvgIpc) is 2.37. The van der Waals surface area contributed by atoms with Crippen molar-refractivity contribution < 1.29 is 4.74 Å². The zero-order valence-corrected chi connectivity index (χ0v) is 12.7. The van der Waals surface area contributed by atoms with Crippen LogP contribution in [0.5, 0.6) is 0 Å². The minimum atomic E-state index is -0.194. The van der Waals surface area contributed by atoms with E-state index < -0.39 is 0 Å². The van der Waals surface area contributed by atoms with Gasteiger partial charge in [0.1, 0.15) is 0 Å². The number of halogens is 1. The van der Waals surface area contributed by atoms with E-state index in [1.807, 2.05) is 24.3 Å². The largest absolute Gasteiger partial charge is 0.369 e. The molecule has 0 bridgehead atoms. The second-order valence-corrected chi connectivity index (χ2v) is 6.29. The molecule has 1 aliphatic rings. The summed E-state index contributed by atoms with van der Waals surface area (Å²) in [5, 5.41) is 10.8. The molecule has 2 aromatic rings. The van der Waals surface area contributed by atoms with Gasteiger partial charge in [-0.3, -0.25) is 0 Å². The summed E-state index contributed by atoms with van der Waals surface area (Å²) in [5.74, 6) is 0.883. The number of ether oxygens (including phenoxy) is 1. The van der Waals surface area contributed by atoms with Gasteiger partial charge in [-0.2, -0.15) is 0 Å². The van der Waals surface area contributed by atoms with Gasteiger partial charge in [0, 0.05) is 23.9 Å². The minimum Gasteiger partial charge on any atom is -0.369 e. The van der Waals surface area contributed by atoms with E-state index in [2.05, 4.69) is 35.9 Å². The number of hydrogen-bond acceptors (Lipinski definition) is 4. The molecule has 0 spiro atoms. The predicted octanol–water partition coefficient (Wildman–Crippen LogP) is 3.29. The molecule has 1 aromatic heterocycles.